The smallest absolute Gasteiger partial charge is 0.321 e. The molecule has 9 heteroatoms. The molecule has 3 amide bonds. The zero-order valence-electron chi connectivity index (χ0n) is 15.9. The maximum atomic E-state index is 13.7. The van der Waals surface area contributed by atoms with Crippen LogP contribution in [0.5, 0.6) is 0 Å². The molecular formula is C19H25F2N3O4. The van der Waals surface area contributed by atoms with E-state index in [1.807, 2.05) is 0 Å². The number of carbonyl (C=O) groups excluding carboxylic acids is 2. The number of hydrogen-bond acceptors (Lipinski definition) is 4. The van der Waals surface area contributed by atoms with Gasteiger partial charge >= 0.3 is 6.03 Å². The number of amides is 3. The molecule has 2 aliphatic rings. The summed E-state index contributed by atoms with van der Waals surface area (Å²) in [5.41, 5.74) is -1.57. The minimum absolute atomic E-state index is 0.0947. The van der Waals surface area contributed by atoms with Crippen LogP contribution >= 0.6 is 0 Å². The van der Waals surface area contributed by atoms with Crippen LogP contribution in [0.4, 0.5) is 19.3 Å². The first-order chi connectivity index (χ1) is 13.1. The number of anilines is 1. The molecule has 2 saturated heterocycles. The van der Waals surface area contributed by atoms with Gasteiger partial charge in [-0.2, -0.15) is 0 Å². The van der Waals surface area contributed by atoms with Crippen molar-refractivity contribution in [1.82, 2.24) is 10.2 Å². The van der Waals surface area contributed by atoms with Crippen LogP contribution in [0, 0.1) is 11.6 Å². The topological polar surface area (TPSA) is 90.9 Å². The summed E-state index contributed by atoms with van der Waals surface area (Å²) in [7, 11) is 0. The maximum absolute atomic E-state index is 13.7. The number of carbonyl (C=O) groups is 2. The molecule has 0 saturated carbocycles. The third-order valence-electron chi connectivity index (χ3n) is 5.57. The molecule has 3 N–H and O–H groups in total. The molecule has 0 aliphatic carbocycles. The van der Waals surface area contributed by atoms with E-state index in [1.165, 1.54) is 11.8 Å². The number of nitrogens with one attached hydrogen (secondary N) is 2. The summed E-state index contributed by atoms with van der Waals surface area (Å²) < 4.78 is 32.9. The van der Waals surface area contributed by atoms with Gasteiger partial charge in [0, 0.05) is 32.5 Å². The summed E-state index contributed by atoms with van der Waals surface area (Å²) in [6, 6.07) is 2.36. The molecule has 0 radical (unpaired) electrons. The maximum Gasteiger partial charge on any atom is 0.321 e. The van der Waals surface area contributed by atoms with Gasteiger partial charge in [0.15, 0.2) is 0 Å². The van der Waals surface area contributed by atoms with Crippen LogP contribution in [0.15, 0.2) is 18.2 Å². The number of piperidine rings is 1. The minimum atomic E-state index is -0.820. The highest BCUT2D eigenvalue weighted by atomic mass is 19.1. The van der Waals surface area contributed by atoms with Crippen LogP contribution in [-0.4, -0.2) is 58.9 Å². The summed E-state index contributed by atoms with van der Waals surface area (Å²) >= 11 is 0. The molecule has 0 unspecified atom stereocenters. The van der Waals surface area contributed by atoms with Crippen LogP contribution in [-0.2, 0) is 9.53 Å². The predicted octanol–water partition coefficient (Wildman–Crippen LogP) is 2.01. The Balaban J connectivity index is 1.62. The zero-order chi connectivity index (χ0) is 20.5. The molecule has 1 aromatic rings. The van der Waals surface area contributed by atoms with Crippen molar-refractivity contribution in [2.75, 3.05) is 25.0 Å². The number of benzene rings is 1. The van der Waals surface area contributed by atoms with Gasteiger partial charge in [0.05, 0.1) is 23.4 Å². The second kappa shape index (κ2) is 7.63. The highest BCUT2D eigenvalue weighted by molar-refractivity contribution is 5.89. The summed E-state index contributed by atoms with van der Waals surface area (Å²) in [6.45, 7) is 4.00. The van der Waals surface area contributed by atoms with Crippen molar-refractivity contribution in [2.45, 2.75) is 50.4 Å². The Morgan fingerprint density at radius 1 is 1.29 bits per heavy atom. The Morgan fingerprint density at radius 3 is 2.61 bits per heavy atom. The van der Waals surface area contributed by atoms with E-state index in [9.17, 15) is 23.5 Å². The van der Waals surface area contributed by atoms with Crippen molar-refractivity contribution in [3.63, 3.8) is 0 Å². The second-order valence-electron chi connectivity index (χ2n) is 7.83. The molecule has 28 heavy (non-hydrogen) atoms. The SMILES string of the molecule is CC(=O)N[C@@]1(C)CC2(CCN(C(=O)Nc3cc(F)ccc3F)CC2)OC[C@@H]1O. The number of urea groups is 1. The molecule has 2 aliphatic heterocycles. The van der Waals surface area contributed by atoms with E-state index in [4.69, 9.17) is 4.74 Å². The van der Waals surface area contributed by atoms with Crippen molar-refractivity contribution >= 4 is 17.6 Å². The number of likely N-dealkylation sites (tertiary alicyclic amines) is 1. The lowest BCUT2D eigenvalue weighted by Gasteiger charge is -2.51. The fourth-order valence-electron chi connectivity index (χ4n) is 4.03. The number of aliphatic hydroxyl groups is 1. The average Bonchev–Trinajstić information content (AvgIpc) is 2.61. The van der Waals surface area contributed by atoms with E-state index in [0.717, 1.165) is 18.2 Å². The van der Waals surface area contributed by atoms with Crippen molar-refractivity contribution in [3.8, 4) is 0 Å². The lowest BCUT2D eigenvalue weighted by atomic mass is 9.74. The first-order valence-corrected chi connectivity index (χ1v) is 9.24. The molecule has 1 spiro atoms. The quantitative estimate of drug-likeness (QED) is 0.712. The Labute approximate surface area is 162 Å². The van der Waals surface area contributed by atoms with E-state index in [-0.39, 0.29) is 18.2 Å². The molecule has 0 bridgehead atoms. The Morgan fingerprint density at radius 2 is 1.96 bits per heavy atom. The molecular weight excluding hydrogens is 372 g/mol. The first-order valence-electron chi connectivity index (χ1n) is 9.24. The number of halogens is 2. The molecule has 2 heterocycles. The van der Waals surface area contributed by atoms with Crippen molar-refractivity contribution in [2.24, 2.45) is 0 Å². The number of rotatable bonds is 2. The van der Waals surface area contributed by atoms with Crippen LogP contribution in [0.1, 0.15) is 33.1 Å². The van der Waals surface area contributed by atoms with Crippen molar-refractivity contribution < 1.29 is 28.2 Å². The van der Waals surface area contributed by atoms with Gasteiger partial charge in [-0.1, -0.05) is 0 Å². The molecule has 7 nitrogen and oxygen atoms in total. The van der Waals surface area contributed by atoms with Gasteiger partial charge in [-0.25, -0.2) is 13.6 Å². The highest BCUT2D eigenvalue weighted by Crippen LogP contribution is 2.39. The number of aliphatic hydroxyl groups excluding tert-OH is 1. The van der Waals surface area contributed by atoms with Crippen molar-refractivity contribution in [3.05, 3.63) is 29.8 Å². The zero-order valence-corrected chi connectivity index (χ0v) is 15.9. The third kappa shape index (κ3) is 4.25. The predicted molar refractivity (Wildman–Crippen MR) is 97.7 cm³/mol. The van der Waals surface area contributed by atoms with Crippen LogP contribution in [0.25, 0.3) is 0 Å². The molecule has 0 aromatic heterocycles. The van der Waals surface area contributed by atoms with Gasteiger partial charge < -0.3 is 25.4 Å². The van der Waals surface area contributed by atoms with E-state index < -0.39 is 34.9 Å². The second-order valence-corrected chi connectivity index (χ2v) is 7.83. The lowest BCUT2D eigenvalue weighted by Crippen LogP contribution is -2.65. The number of nitrogens with zero attached hydrogens (tertiary/aromatic N) is 1. The van der Waals surface area contributed by atoms with Gasteiger partial charge in [-0.15, -0.1) is 0 Å². The number of ether oxygens (including phenoxy) is 1. The van der Waals surface area contributed by atoms with Crippen LogP contribution in [0.2, 0.25) is 0 Å². The van der Waals surface area contributed by atoms with E-state index in [1.54, 1.807) is 6.92 Å². The van der Waals surface area contributed by atoms with Gasteiger partial charge in [0.1, 0.15) is 17.7 Å². The summed E-state index contributed by atoms with van der Waals surface area (Å²) in [5.74, 6) is -1.58. The monoisotopic (exact) mass is 397 g/mol. The van der Waals surface area contributed by atoms with E-state index >= 15 is 0 Å². The first kappa shape index (κ1) is 20.5. The molecule has 1 aromatic carbocycles. The summed E-state index contributed by atoms with van der Waals surface area (Å²) in [4.78, 5) is 25.4. The van der Waals surface area contributed by atoms with Gasteiger partial charge in [0.25, 0.3) is 0 Å². The van der Waals surface area contributed by atoms with Gasteiger partial charge in [0.2, 0.25) is 5.91 Å². The minimum Gasteiger partial charge on any atom is -0.388 e. The number of hydrogen-bond donors (Lipinski definition) is 3. The Kier molecular flexibility index (Phi) is 5.58. The average molecular weight is 397 g/mol. The van der Waals surface area contributed by atoms with Crippen LogP contribution < -0.4 is 10.6 Å². The van der Waals surface area contributed by atoms with Gasteiger partial charge in [-0.3, -0.25) is 4.79 Å². The molecule has 2 fully saturated rings. The fraction of sp³-hybridized carbons (Fsp3) is 0.579. The van der Waals surface area contributed by atoms with E-state index in [2.05, 4.69) is 10.6 Å². The molecule has 3 rings (SSSR count). The highest BCUT2D eigenvalue weighted by Gasteiger charge is 2.50. The lowest BCUT2D eigenvalue weighted by molar-refractivity contribution is -0.178. The Bertz CT molecular complexity index is 768. The van der Waals surface area contributed by atoms with Crippen molar-refractivity contribution in [1.29, 1.82) is 0 Å². The fourth-order valence-corrected chi connectivity index (χ4v) is 4.03. The molecule has 154 valence electrons. The normalized spacial score (nSPS) is 26.8. The third-order valence-corrected chi connectivity index (χ3v) is 5.57. The van der Waals surface area contributed by atoms with Gasteiger partial charge in [-0.05, 0) is 31.9 Å². The molecule has 2 atom stereocenters. The summed E-state index contributed by atoms with van der Waals surface area (Å²) in [5, 5.41) is 15.5. The Hall–Kier alpha value is -2.26. The van der Waals surface area contributed by atoms with Crippen LogP contribution in [0.3, 0.4) is 0 Å². The summed E-state index contributed by atoms with van der Waals surface area (Å²) in [6.07, 6.45) is 0.621. The standard InChI is InChI=1S/C19H25F2N3O4/c1-12(25)23-18(2)11-19(28-10-16(18)26)5-7-24(8-6-19)17(27)22-15-9-13(20)3-4-14(15)21/h3-4,9,16,26H,5-8,10-11H2,1-2H3,(H,22,27)(H,23,25)/t16-,18-/m0/s1. The largest absolute Gasteiger partial charge is 0.388 e. The van der Waals surface area contributed by atoms with E-state index in [0.29, 0.717) is 32.4 Å².